The van der Waals surface area contributed by atoms with Crippen LogP contribution in [0.1, 0.15) is 44.0 Å². The Morgan fingerprint density at radius 3 is 2.86 bits per heavy atom. The highest BCUT2D eigenvalue weighted by molar-refractivity contribution is 5.65. The molecule has 2 heteroatoms. The number of allylic oxidation sites excluding steroid dienone is 4. The molecule has 1 aliphatic rings. The first kappa shape index (κ1) is 9.25. The summed E-state index contributed by atoms with van der Waals surface area (Å²) in [4.78, 5) is 0. The lowest BCUT2D eigenvalue weighted by atomic mass is 10.0. The van der Waals surface area contributed by atoms with Gasteiger partial charge >= 0.3 is 0 Å². The van der Waals surface area contributed by atoms with Crippen LogP contribution in [0.25, 0.3) is 5.57 Å². The zero-order valence-corrected chi connectivity index (χ0v) is 8.75. The Bertz CT molecular complexity index is 369. The third-order valence-corrected chi connectivity index (χ3v) is 2.56. The Morgan fingerprint density at radius 2 is 2.29 bits per heavy atom. The number of aromatic nitrogens is 2. The van der Waals surface area contributed by atoms with E-state index in [-0.39, 0.29) is 0 Å². The van der Waals surface area contributed by atoms with Crippen molar-refractivity contribution in [2.24, 2.45) is 0 Å². The van der Waals surface area contributed by atoms with Gasteiger partial charge in [-0.25, -0.2) is 0 Å². The number of rotatable bonds is 2. The maximum absolute atomic E-state index is 4.33. The van der Waals surface area contributed by atoms with Crippen LogP contribution in [0.4, 0.5) is 0 Å². The Kier molecular flexibility index (Phi) is 2.53. The normalized spacial score (nSPS) is 16.1. The molecule has 0 saturated heterocycles. The highest BCUT2D eigenvalue weighted by Gasteiger charge is 2.09. The molecule has 0 atom stereocenters. The fourth-order valence-corrected chi connectivity index (χ4v) is 1.61. The third kappa shape index (κ3) is 1.79. The van der Waals surface area contributed by atoms with Gasteiger partial charge in [0.05, 0.1) is 5.69 Å². The van der Waals surface area contributed by atoms with Gasteiger partial charge in [0, 0.05) is 5.69 Å². The van der Waals surface area contributed by atoms with Crippen molar-refractivity contribution < 1.29 is 0 Å². The van der Waals surface area contributed by atoms with Crippen molar-refractivity contribution in [2.45, 2.75) is 32.6 Å². The minimum atomic E-state index is 0.524. The number of nitrogens with zero attached hydrogens (tertiary/aromatic N) is 1. The van der Waals surface area contributed by atoms with Crippen LogP contribution in [-0.4, -0.2) is 10.2 Å². The maximum atomic E-state index is 4.33. The summed E-state index contributed by atoms with van der Waals surface area (Å²) in [5.74, 6) is 0.524. The first-order valence-electron chi connectivity index (χ1n) is 5.19. The molecule has 1 heterocycles. The van der Waals surface area contributed by atoms with E-state index in [0.29, 0.717) is 5.92 Å². The maximum Gasteiger partial charge on any atom is 0.0883 e. The zero-order chi connectivity index (χ0) is 9.97. The lowest BCUT2D eigenvalue weighted by Gasteiger charge is -2.04. The topological polar surface area (TPSA) is 28.7 Å². The van der Waals surface area contributed by atoms with Crippen LogP contribution in [-0.2, 0) is 0 Å². The van der Waals surface area contributed by atoms with Crippen LogP contribution in [0.5, 0.6) is 0 Å². The van der Waals surface area contributed by atoms with E-state index in [4.69, 9.17) is 0 Å². The summed E-state index contributed by atoms with van der Waals surface area (Å²) in [5, 5.41) is 7.42. The van der Waals surface area contributed by atoms with E-state index in [1.54, 1.807) is 0 Å². The second-order valence-corrected chi connectivity index (χ2v) is 4.02. The van der Waals surface area contributed by atoms with Gasteiger partial charge in [-0.3, -0.25) is 5.10 Å². The molecule has 2 rings (SSSR count). The second kappa shape index (κ2) is 3.82. The summed E-state index contributed by atoms with van der Waals surface area (Å²) in [6, 6.07) is 2.16. The minimum Gasteiger partial charge on any atom is -0.282 e. The van der Waals surface area contributed by atoms with Crippen molar-refractivity contribution in [3.05, 3.63) is 35.7 Å². The molecule has 14 heavy (non-hydrogen) atoms. The summed E-state index contributed by atoms with van der Waals surface area (Å²) in [6.45, 7) is 4.35. The molecule has 1 aromatic heterocycles. The Labute approximate surface area is 84.7 Å². The minimum absolute atomic E-state index is 0.524. The molecule has 0 unspecified atom stereocenters. The van der Waals surface area contributed by atoms with Gasteiger partial charge in [-0.2, -0.15) is 5.10 Å². The summed E-state index contributed by atoms with van der Waals surface area (Å²) in [7, 11) is 0. The molecular formula is C12H16N2. The lowest BCUT2D eigenvalue weighted by molar-refractivity contribution is 0.810. The summed E-state index contributed by atoms with van der Waals surface area (Å²) in [6.07, 6.45) is 8.71. The van der Waals surface area contributed by atoms with E-state index >= 15 is 0 Å². The predicted octanol–water partition coefficient (Wildman–Crippen LogP) is 3.27. The Balaban J connectivity index is 2.24. The highest BCUT2D eigenvalue weighted by Crippen LogP contribution is 2.23. The molecule has 74 valence electrons. The van der Waals surface area contributed by atoms with Crippen LogP contribution in [0.3, 0.4) is 0 Å². The second-order valence-electron chi connectivity index (χ2n) is 4.02. The monoisotopic (exact) mass is 188 g/mol. The van der Waals surface area contributed by atoms with Crippen molar-refractivity contribution in [3.8, 4) is 0 Å². The summed E-state index contributed by atoms with van der Waals surface area (Å²) in [5.41, 5.74) is 3.67. The summed E-state index contributed by atoms with van der Waals surface area (Å²) < 4.78 is 0. The van der Waals surface area contributed by atoms with Crippen molar-refractivity contribution in [1.82, 2.24) is 10.2 Å². The lowest BCUT2D eigenvalue weighted by Crippen LogP contribution is -1.87. The molecule has 0 fully saturated rings. The third-order valence-electron chi connectivity index (χ3n) is 2.56. The van der Waals surface area contributed by atoms with Gasteiger partial charge in [-0.15, -0.1) is 0 Å². The van der Waals surface area contributed by atoms with Crippen molar-refractivity contribution in [1.29, 1.82) is 0 Å². The van der Waals surface area contributed by atoms with Gasteiger partial charge in [-0.1, -0.05) is 32.1 Å². The number of aromatic amines is 1. The first-order chi connectivity index (χ1) is 6.77. The number of hydrogen-bond acceptors (Lipinski definition) is 1. The van der Waals surface area contributed by atoms with E-state index in [2.05, 4.69) is 48.3 Å². The standard InChI is InChI=1S/C12H16N2/c1-9(2)11-8-12(14-13-11)10-6-4-3-5-7-10/h3-4,6,8-9H,5,7H2,1-2H3,(H,13,14). The van der Waals surface area contributed by atoms with Crippen LogP contribution >= 0.6 is 0 Å². The van der Waals surface area contributed by atoms with Crippen molar-refractivity contribution >= 4 is 5.57 Å². The van der Waals surface area contributed by atoms with Gasteiger partial charge in [0.2, 0.25) is 0 Å². The number of hydrogen-bond donors (Lipinski definition) is 1. The smallest absolute Gasteiger partial charge is 0.0883 e. The molecular weight excluding hydrogens is 172 g/mol. The first-order valence-corrected chi connectivity index (χ1v) is 5.19. The zero-order valence-electron chi connectivity index (χ0n) is 8.75. The van der Waals surface area contributed by atoms with Gasteiger partial charge in [0.25, 0.3) is 0 Å². The average molecular weight is 188 g/mol. The van der Waals surface area contributed by atoms with Crippen LogP contribution in [0, 0.1) is 0 Å². The van der Waals surface area contributed by atoms with E-state index in [9.17, 15) is 0 Å². The molecule has 1 N–H and O–H groups in total. The number of H-pyrrole nitrogens is 1. The quantitative estimate of drug-likeness (QED) is 0.758. The molecule has 1 aliphatic carbocycles. The molecule has 0 bridgehead atoms. The Hall–Kier alpha value is -1.31. The van der Waals surface area contributed by atoms with Crippen molar-refractivity contribution in [2.75, 3.05) is 0 Å². The van der Waals surface area contributed by atoms with Gasteiger partial charge < -0.3 is 0 Å². The predicted molar refractivity (Wildman–Crippen MR) is 59.0 cm³/mol. The number of nitrogens with one attached hydrogen (secondary N) is 1. The molecule has 2 nitrogen and oxygen atoms in total. The van der Waals surface area contributed by atoms with Crippen LogP contribution in [0.15, 0.2) is 24.3 Å². The summed E-state index contributed by atoms with van der Waals surface area (Å²) >= 11 is 0. The SMILES string of the molecule is CC(C)c1cc(C2=CC=CCC2)n[nH]1. The van der Waals surface area contributed by atoms with Gasteiger partial charge in [-0.05, 0) is 30.4 Å². The van der Waals surface area contributed by atoms with Crippen molar-refractivity contribution in [3.63, 3.8) is 0 Å². The Morgan fingerprint density at radius 1 is 1.43 bits per heavy atom. The van der Waals surface area contributed by atoms with E-state index < -0.39 is 0 Å². The molecule has 0 aliphatic heterocycles. The van der Waals surface area contributed by atoms with Gasteiger partial charge in [0.15, 0.2) is 0 Å². The van der Waals surface area contributed by atoms with Crippen LogP contribution in [0.2, 0.25) is 0 Å². The largest absolute Gasteiger partial charge is 0.282 e. The van der Waals surface area contributed by atoms with E-state index in [0.717, 1.165) is 18.5 Å². The highest BCUT2D eigenvalue weighted by atomic mass is 15.1. The molecule has 0 radical (unpaired) electrons. The molecule has 0 saturated carbocycles. The fraction of sp³-hybridized carbons (Fsp3) is 0.417. The van der Waals surface area contributed by atoms with Gasteiger partial charge in [0.1, 0.15) is 0 Å². The average Bonchev–Trinajstić information content (AvgIpc) is 2.68. The van der Waals surface area contributed by atoms with E-state index in [1.807, 2.05) is 0 Å². The molecule has 0 aromatic carbocycles. The molecule has 1 aromatic rings. The molecule has 0 spiro atoms. The van der Waals surface area contributed by atoms with Crippen LogP contribution < -0.4 is 0 Å². The molecule has 0 amide bonds. The fourth-order valence-electron chi connectivity index (χ4n) is 1.61. The van der Waals surface area contributed by atoms with E-state index in [1.165, 1.54) is 11.3 Å².